The highest BCUT2D eigenvalue weighted by Crippen LogP contribution is 2.86. The highest BCUT2D eigenvalue weighted by atomic mass is 15.4. The van der Waals surface area contributed by atoms with Crippen molar-refractivity contribution in [1.82, 2.24) is 0 Å². The molecule has 2 fully saturated rings. The minimum atomic E-state index is 0.181. The van der Waals surface area contributed by atoms with Crippen molar-refractivity contribution in [1.29, 1.82) is 0 Å². The van der Waals surface area contributed by atoms with Gasteiger partial charge in [0.1, 0.15) is 0 Å². The zero-order valence-corrected chi connectivity index (χ0v) is 25.1. The fourth-order valence-corrected chi connectivity index (χ4v) is 15.3. The molecule has 3 aromatic carbocycles. The van der Waals surface area contributed by atoms with Crippen molar-refractivity contribution in [3.05, 3.63) is 97.1 Å². The summed E-state index contributed by atoms with van der Waals surface area (Å²) in [5, 5.41) is 3.26. The van der Waals surface area contributed by atoms with E-state index in [1.165, 1.54) is 49.9 Å². The van der Waals surface area contributed by atoms with Crippen LogP contribution >= 0.6 is 0 Å². The first-order chi connectivity index (χ1) is 20.2. The fraction of sp³-hybridized carbons (Fsp3) is 0.450. The molecule has 2 heterocycles. The summed E-state index contributed by atoms with van der Waals surface area (Å²) in [4.78, 5) is 0. The van der Waals surface area contributed by atoms with E-state index in [2.05, 4.69) is 58.5 Å². The molecule has 2 aliphatic heterocycles. The van der Waals surface area contributed by atoms with Gasteiger partial charge in [0, 0.05) is 23.7 Å². The van der Waals surface area contributed by atoms with Crippen LogP contribution in [-0.2, 0) is 24.7 Å². The van der Waals surface area contributed by atoms with Crippen LogP contribution < -0.4 is 0 Å². The average Bonchev–Trinajstić information content (AvgIpc) is 3.72. The van der Waals surface area contributed by atoms with Crippen molar-refractivity contribution in [3.63, 3.8) is 0 Å². The maximum Gasteiger partial charge on any atom is 0.0930 e. The molecule has 7 unspecified atom stereocenters. The number of likely N-dealkylation sites (N-methyl/N-ethyl adjacent to an activating group) is 2. The minimum Gasteiger partial charge on any atom is -0.327 e. The standard InChI is InChI=1S/C40H36N2/c1-41(2)13-25-23-11-20-9-19-7-17-5-6-18-8-21-10-22-12-24(26(25)14-41)37-31(23)33-30(20)29(19)32-27(17)28(18)34-35(32)38(33)40(37)16-42(3,4)15-39(22,40)36(21)34/h5-6,8,11-12,19,25-26,35,38H,7,9-10,13-16H2,1-4H3/q+2. The number of likely N-dealkylation sites (tertiary alicyclic amines) is 2. The van der Waals surface area contributed by atoms with Crippen LogP contribution in [0.2, 0.25) is 0 Å². The number of quaternary nitrogens is 2. The molecule has 0 amide bonds. The Balaban J connectivity index is 1.29. The number of nitrogens with zero attached hydrogens (tertiary/aromatic N) is 2. The molecule has 2 spiro atoms. The predicted octanol–water partition coefficient (Wildman–Crippen LogP) is 6.07. The molecule has 0 bridgehead atoms. The van der Waals surface area contributed by atoms with Crippen molar-refractivity contribution >= 4 is 27.5 Å². The number of rotatable bonds is 0. The third kappa shape index (κ3) is 1.61. The Bertz CT molecular complexity index is 2220. The first-order valence-corrected chi connectivity index (χ1v) is 16.9. The third-order valence-electron chi connectivity index (χ3n) is 15.4. The van der Waals surface area contributed by atoms with Gasteiger partial charge in [-0.25, -0.2) is 0 Å². The highest BCUT2D eigenvalue weighted by molar-refractivity contribution is 6.18. The second-order valence-electron chi connectivity index (χ2n) is 18.0. The van der Waals surface area contributed by atoms with Crippen LogP contribution in [0.15, 0.2) is 41.5 Å². The molecule has 204 valence electrons. The van der Waals surface area contributed by atoms with E-state index in [0.717, 1.165) is 4.48 Å². The Morgan fingerprint density at radius 2 is 1.64 bits per heavy atom. The first kappa shape index (κ1) is 20.9. The maximum atomic E-state index is 2.88. The van der Waals surface area contributed by atoms with Crippen LogP contribution in [0.25, 0.3) is 27.5 Å². The number of benzene rings is 3. The van der Waals surface area contributed by atoms with Gasteiger partial charge in [-0.3, -0.25) is 0 Å². The predicted molar refractivity (Wildman–Crippen MR) is 166 cm³/mol. The molecule has 9 aliphatic carbocycles. The Hall–Kier alpha value is -2.94. The molecule has 0 aromatic heterocycles. The molecule has 2 heteroatoms. The maximum absolute atomic E-state index is 2.88. The van der Waals surface area contributed by atoms with Crippen LogP contribution in [0.3, 0.4) is 0 Å². The summed E-state index contributed by atoms with van der Waals surface area (Å²) in [7, 11) is 10.2. The van der Waals surface area contributed by atoms with Crippen LogP contribution in [0.1, 0.15) is 73.4 Å². The Morgan fingerprint density at radius 3 is 2.55 bits per heavy atom. The molecule has 2 nitrogen and oxygen atoms in total. The topological polar surface area (TPSA) is 0 Å². The second kappa shape index (κ2) is 5.33. The quantitative estimate of drug-likeness (QED) is 0.302. The van der Waals surface area contributed by atoms with E-state index >= 15 is 0 Å². The zero-order chi connectivity index (χ0) is 27.2. The Kier molecular flexibility index (Phi) is 2.65. The van der Waals surface area contributed by atoms with Crippen LogP contribution in [-0.4, -0.2) is 63.3 Å². The normalized spacial score (nSPS) is 41.4. The number of fused-ring (bicyclic) bond motifs is 3. The molecule has 7 atom stereocenters. The molecule has 0 saturated carbocycles. The summed E-state index contributed by atoms with van der Waals surface area (Å²) in [6.45, 7) is 5.21. The smallest absolute Gasteiger partial charge is 0.0930 e. The van der Waals surface area contributed by atoms with E-state index in [0.29, 0.717) is 29.6 Å². The first-order valence-electron chi connectivity index (χ1n) is 16.9. The van der Waals surface area contributed by atoms with Gasteiger partial charge in [0.25, 0.3) is 0 Å². The van der Waals surface area contributed by atoms with Crippen LogP contribution in [0.5, 0.6) is 0 Å². The van der Waals surface area contributed by atoms with Crippen molar-refractivity contribution in [2.24, 2.45) is 17.3 Å². The molecule has 0 N–H and O–H groups in total. The lowest BCUT2D eigenvalue weighted by Crippen LogP contribution is -2.54. The molecule has 14 rings (SSSR count). The summed E-state index contributed by atoms with van der Waals surface area (Å²) in [6, 6.07) is 10.6. The second-order valence-corrected chi connectivity index (χ2v) is 18.0. The fourth-order valence-electron chi connectivity index (χ4n) is 15.3. The molecule has 2 saturated heterocycles. The van der Waals surface area contributed by atoms with Gasteiger partial charge in [-0.1, -0.05) is 30.3 Å². The summed E-state index contributed by atoms with van der Waals surface area (Å²) in [5.41, 5.74) is 27.5. The molecular weight excluding hydrogens is 508 g/mol. The van der Waals surface area contributed by atoms with Crippen LogP contribution in [0.4, 0.5) is 0 Å². The molecule has 0 radical (unpaired) electrons. The molecule has 3 aromatic rings. The summed E-state index contributed by atoms with van der Waals surface area (Å²) >= 11 is 0. The van der Waals surface area contributed by atoms with Crippen molar-refractivity contribution in [3.8, 4) is 0 Å². The van der Waals surface area contributed by atoms with Gasteiger partial charge < -0.3 is 8.97 Å². The zero-order valence-electron chi connectivity index (χ0n) is 25.1. The van der Waals surface area contributed by atoms with Crippen LogP contribution in [0, 0.1) is 17.3 Å². The van der Waals surface area contributed by atoms with Crippen molar-refractivity contribution in [2.75, 3.05) is 54.4 Å². The molecule has 42 heavy (non-hydrogen) atoms. The summed E-state index contributed by atoms with van der Waals surface area (Å²) < 4.78 is 2.33. The Morgan fingerprint density at radius 1 is 0.786 bits per heavy atom. The van der Waals surface area contributed by atoms with Crippen molar-refractivity contribution < 1.29 is 8.97 Å². The van der Waals surface area contributed by atoms with E-state index < -0.39 is 0 Å². The lowest BCUT2D eigenvalue weighted by atomic mass is 9.44. The van der Waals surface area contributed by atoms with E-state index in [1.54, 1.807) is 44.2 Å². The monoisotopic (exact) mass is 544 g/mol. The van der Waals surface area contributed by atoms with E-state index in [4.69, 9.17) is 0 Å². The lowest BCUT2D eigenvalue weighted by Gasteiger charge is -2.55. The minimum absolute atomic E-state index is 0.181. The summed E-state index contributed by atoms with van der Waals surface area (Å²) in [6.07, 6.45) is 6.61. The largest absolute Gasteiger partial charge is 0.327 e. The molecular formula is C40H36N2+2. The van der Waals surface area contributed by atoms with Gasteiger partial charge in [-0.2, -0.15) is 0 Å². The van der Waals surface area contributed by atoms with Crippen molar-refractivity contribution in [2.45, 2.75) is 42.4 Å². The summed E-state index contributed by atoms with van der Waals surface area (Å²) in [5.74, 6) is 3.29. The average molecular weight is 545 g/mol. The SMILES string of the molecule is C[N+]1(C)CC2C3=C4c5c(cc6c7c5C5C8C9=C7C(C6)Cc6ccc7cc%10c(c8c7c69)C6(C[N+](C)(C)CC456)C(=C3)C%10)C2C1. The highest BCUT2D eigenvalue weighted by Gasteiger charge is 2.81. The van der Waals surface area contributed by atoms with E-state index in [-0.39, 0.29) is 10.8 Å². The number of hydrogen-bond acceptors (Lipinski definition) is 0. The Labute approximate surface area is 247 Å². The van der Waals surface area contributed by atoms with Gasteiger partial charge in [-0.15, -0.1) is 0 Å². The lowest BCUT2D eigenvalue weighted by molar-refractivity contribution is -0.881. The third-order valence-corrected chi connectivity index (χ3v) is 15.4. The molecule has 11 aliphatic rings. The van der Waals surface area contributed by atoms with Gasteiger partial charge in [0.05, 0.1) is 65.2 Å². The van der Waals surface area contributed by atoms with E-state index in [9.17, 15) is 0 Å². The van der Waals surface area contributed by atoms with Gasteiger partial charge >= 0.3 is 0 Å². The number of hydrogen-bond donors (Lipinski definition) is 0. The van der Waals surface area contributed by atoms with Gasteiger partial charge in [0.2, 0.25) is 0 Å². The van der Waals surface area contributed by atoms with E-state index in [1.807, 2.05) is 50.1 Å². The van der Waals surface area contributed by atoms with Gasteiger partial charge in [0.15, 0.2) is 0 Å². The van der Waals surface area contributed by atoms with Gasteiger partial charge in [-0.05, 0) is 119 Å². The number of allylic oxidation sites excluding steroid dienone is 3.